The Hall–Kier alpha value is -2.15. The Morgan fingerprint density at radius 3 is 2.64 bits per heavy atom. The summed E-state index contributed by atoms with van der Waals surface area (Å²) in [6, 6.07) is 6.96. The Balaban J connectivity index is 1.49. The second-order valence-corrected chi connectivity index (χ2v) is 6.26. The minimum Gasteiger partial charge on any atom is -0.505 e. The van der Waals surface area contributed by atoms with Crippen molar-refractivity contribution in [1.29, 1.82) is 0 Å². The number of likely N-dealkylation sites (tertiary alicyclic amines) is 1. The quantitative estimate of drug-likeness (QED) is 0.796. The van der Waals surface area contributed by atoms with Gasteiger partial charge in [0.15, 0.2) is 11.5 Å². The van der Waals surface area contributed by atoms with Crippen LogP contribution in [0.5, 0.6) is 5.75 Å². The molecule has 1 saturated heterocycles. The van der Waals surface area contributed by atoms with E-state index < -0.39 is 12.1 Å². The normalized spacial score (nSPS) is 17.1. The van der Waals surface area contributed by atoms with Crippen LogP contribution >= 0.6 is 0 Å². The number of benzene rings is 1. The fourth-order valence-corrected chi connectivity index (χ4v) is 3.03. The first-order valence-electron chi connectivity index (χ1n) is 8.16. The van der Waals surface area contributed by atoms with Crippen LogP contribution in [-0.2, 0) is 0 Å². The van der Waals surface area contributed by atoms with Crippen molar-refractivity contribution in [1.82, 2.24) is 4.90 Å². The summed E-state index contributed by atoms with van der Waals surface area (Å²) in [6.07, 6.45) is -3.78. The van der Waals surface area contributed by atoms with Crippen molar-refractivity contribution < 1.29 is 27.4 Å². The average molecular weight is 355 g/mol. The molecule has 25 heavy (non-hydrogen) atoms. The van der Waals surface area contributed by atoms with E-state index in [1.807, 2.05) is 4.90 Å². The molecule has 0 atom stereocenters. The molecule has 0 radical (unpaired) electrons. The minimum absolute atomic E-state index is 0.138. The molecule has 0 spiro atoms. The van der Waals surface area contributed by atoms with E-state index in [0.717, 1.165) is 5.39 Å². The van der Waals surface area contributed by atoms with Crippen LogP contribution in [-0.4, -0.2) is 42.4 Å². The SMILES string of the molecule is C=C(O)c1cc2cc(OCCN3CCC(C(F)(F)F)CC3)ccc2o1. The van der Waals surface area contributed by atoms with E-state index in [9.17, 15) is 18.3 Å². The lowest BCUT2D eigenvalue weighted by molar-refractivity contribution is -0.185. The van der Waals surface area contributed by atoms with Crippen LogP contribution in [0.2, 0.25) is 0 Å². The Bertz CT molecular complexity index is 746. The Morgan fingerprint density at radius 2 is 2.00 bits per heavy atom. The second kappa shape index (κ2) is 7.00. The highest BCUT2D eigenvalue weighted by molar-refractivity contribution is 5.82. The third kappa shape index (κ3) is 4.28. The highest BCUT2D eigenvalue weighted by Gasteiger charge is 2.40. The molecule has 7 heteroatoms. The van der Waals surface area contributed by atoms with Crippen molar-refractivity contribution in [2.45, 2.75) is 19.0 Å². The van der Waals surface area contributed by atoms with Crippen molar-refractivity contribution in [3.8, 4) is 5.75 Å². The lowest BCUT2D eigenvalue weighted by Crippen LogP contribution is -2.40. The van der Waals surface area contributed by atoms with E-state index in [1.165, 1.54) is 0 Å². The smallest absolute Gasteiger partial charge is 0.391 e. The van der Waals surface area contributed by atoms with E-state index in [0.29, 0.717) is 43.3 Å². The highest BCUT2D eigenvalue weighted by atomic mass is 19.4. The first kappa shape index (κ1) is 17.7. The van der Waals surface area contributed by atoms with Crippen LogP contribution in [0.3, 0.4) is 0 Å². The molecule has 4 nitrogen and oxygen atoms in total. The predicted molar refractivity (Wildman–Crippen MR) is 88.6 cm³/mol. The summed E-state index contributed by atoms with van der Waals surface area (Å²) in [4.78, 5) is 1.99. The number of aliphatic hydroxyl groups is 1. The fraction of sp³-hybridized carbons (Fsp3) is 0.444. The van der Waals surface area contributed by atoms with E-state index >= 15 is 0 Å². The van der Waals surface area contributed by atoms with Gasteiger partial charge >= 0.3 is 6.18 Å². The number of aliphatic hydroxyl groups excluding tert-OH is 1. The number of furan rings is 1. The van der Waals surface area contributed by atoms with Gasteiger partial charge in [-0.3, -0.25) is 4.90 Å². The first-order chi connectivity index (χ1) is 11.8. The maximum Gasteiger partial charge on any atom is 0.391 e. The molecule has 1 fully saturated rings. The summed E-state index contributed by atoms with van der Waals surface area (Å²) < 4.78 is 49.1. The van der Waals surface area contributed by atoms with Crippen molar-refractivity contribution in [3.05, 3.63) is 36.6 Å². The van der Waals surface area contributed by atoms with Gasteiger partial charge in [0.1, 0.15) is 17.9 Å². The van der Waals surface area contributed by atoms with Gasteiger partial charge in [0, 0.05) is 11.9 Å². The predicted octanol–water partition coefficient (Wildman–Crippen LogP) is 4.61. The molecular formula is C18H20F3NO3. The van der Waals surface area contributed by atoms with E-state index in [1.54, 1.807) is 24.3 Å². The van der Waals surface area contributed by atoms with Crippen molar-refractivity contribution in [2.24, 2.45) is 5.92 Å². The number of ether oxygens (including phenoxy) is 1. The summed E-state index contributed by atoms with van der Waals surface area (Å²) in [5.41, 5.74) is 0.617. The summed E-state index contributed by atoms with van der Waals surface area (Å²) in [5, 5.41) is 10.1. The average Bonchev–Trinajstić information content (AvgIpc) is 2.98. The summed E-state index contributed by atoms with van der Waals surface area (Å²) in [7, 11) is 0. The Morgan fingerprint density at radius 1 is 1.28 bits per heavy atom. The molecule has 2 aromatic rings. The van der Waals surface area contributed by atoms with Crippen LogP contribution in [0.15, 0.2) is 35.3 Å². The largest absolute Gasteiger partial charge is 0.505 e. The van der Waals surface area contributed by atoms with Gasteiger partial charge in [-0.25, -0.2) is 0 Å². The van der Waals surface area contributed by atoms with Gasteiger partial charge < -0.3 is 14.3 Å². The number of nitrogens with zero attached hydrogens (tertiary/aromatic N) is 1. The molecule has 2 heterocycles. The Kier molecular flexibility index (Phi) is 4.94. The number of halogens is 3. The van der Waals surface area contributed by atoms with Gasteiger partial charge in [-0.15, -0.1) is 0 Å². The zero-order valence-corrected chi connectivity index (χ0v) is 13.7. The lowest BCUT2D eigenvalue weighted by Gasteiger charge is -2.32. The topological polar surface area (TPSA) is 45.8 Å². The second-order valence-electron chi connectivity index (χ2n) is 6.26. The van der Waals surface area contributed by atoms with Gasteiger partial charge in [-0.1, -0.05) is 6.58 Å². The van der Waals surface area contributed by atoms with E-state index in [-0.39, 0.29) is 18.6 Å². The van der Waals surface area contributed by atoms with Gasteiger partial charge in [-0.2, -0.15) is 13.2 Å². The lowest BCUT2D eigenvalue weighted by atomic mass is 9.96. The number of alkyl halides is 3. The third-order valence-electron chi connectivity index (χ3n) is 4.50. The van der Waals surface area contributed by atoms with Gasteiger partial charge in [-0.05, 0) is 50.2 Å². The number of piperidine rings is 1. The molecule has 0 aliphatic carbocycles. The number of fused-ring (bicyclic) bond motifs is 1. The maximum atomic E-state index is 12.6. The maximum absolute atomic E-state index is 12.6. The van der Waals surface area contributed by atoms with Crippen LogP contribution < -0.4 is 4.74 Å². The van der Waals surface area contributed by atoms with Crippen LogP contribution in [0.4, 0.5) is 13.2 Å². The molecule has 0 unspecified atom stereocenters. The monoisotopic (exact) mass is 355 g/mol. The molecule has 0 amide bonds. The molecule has 1 aromatic carbocycles. The molecule has 3 rings (SSSR count). The van der Waals surface area contributed by atoms with Crippen molar-refractivity contribution >= 4 is 16.7 Å². The summed E-state index contributed by atoms with van der Waals surface area (Å²) >= 11 is 0. The van der Waals surface area contributed by atoms with Gasteiger partial charge in [0.2, 0.25) is 0 Å². The Labute approximate surface area is 143 Å². The van der Waals surface area contributed by atoms with Crippen LogP contribution in [0, 0.1) is 5.92 Å². The molecule has 1 aliphatic rings. The van der Waals surface area contributed by atoms with Gasteiger partial charge in [0.25, 0.3) is 0 Å². The fourth-order valence-electron chi connectivity index (χ4n) is 3.03. The number of hydrogen-bond acceptors (Lipinski definition) is 4. The highest BCUT2D eigenvalue weighted by Crippen LogP contribution is 2.34. The molecular weight excluding hydrogens is 335 g/mol. The standard InChI is InChI=1S/C18H20F3NO3/c1-12(23)17-11-13-10-15(2-3-16(13)25-17)24-9-8-22-6-4-14(5-7-22)18(19,20)21/h2-3,10-11,14,23H,1,4-9H2. The number of hydrogen-bond donors (Lipinski definition) is 1. The summed E-state index contributed by atoms with van der Waals surface area (Å²) in [5.74, 6) is -0.363. The van der Waals surface area contributed by atoms with Crippen molar-refractivity contribution in [3.63, 3.8) is 0 Å². The molecule has 136 valence electrons. The molecule has 0 saturated carbocycles. The minimum atomic E-state index is -4.08. The van der Waals surface area contributed by atoms with Crippen LogP contribution in [0.1, 0.15) is 18.6 Å². The van der Waals surface area contributed by atoms with Crippen molar-refractivity contribution in [2.75, 3.05) is 26.2 Å². The zero-order chi connectivity index (χ0) is 18.0. The van der Waals surface area contributed by atoms with E-state index in [4.69, 9.17) is 9.15 Å². The third-order valence-corrected chi connectivity index (χ3v) is 4.50. The zero-order valence-electron chi connectivity index (χ0n) is 13.7. The number of rotatable bonds is 5. The molecule has 1 aliphatic heterocycles. The first-order valence-corrected chi connectivity index (χ1v) is 8.16. The molecule has 1 N–H and O–H groups in total. The molecule has 0 bridgehead atoms. The summed E-state index contributed by atoms with van der Waals surface area (Å²) in [6.45, 7) is 5.29. The molecule has 1 aromatic heterocycles. The van der Waals surface area contributed by atoms with E-state index in [2.05, 4.69) is 6.58 Å². The van der Waals surface area contributed by atoms with Crippen LogP contribution in [0.25, 0.3) is 16.7 Å². The van der Waals surface area contributed by atoms with Gasteiger partial charge in [0.05, 0.1) is 5.92 Å².